The van der Waals surface area contributed by atoms with E-state index in [0.717, 1.165) is 17.9 Å². The van der Waals surface area contributed by atoms with Crippen LogP contribution in [0, 0.1) is 5.92 Å². The Hall–Kier alpha value is -1.85. The molecule has 1 aliphatic heterocycles. The van der Waals surface area contributed by atoms with Gasteiger partial charge >= 0.3 is 0 Å². The molecule has 100 valence electrons. The third-order valence-electron chi connectivity index (χ3n) is 3.61. The molecule has 1 aromatic heterocycles. The number of fused-ring (bicyclic) bond motifs is 1. The van der Waals surface area contributed by atoms with E-state index < -0.39 is 0 Å². The molecule has 3 rings (SSSR count). The molecule has 2 aromatic rings. The third-order valence-corrected chi connectivity index (χ3v) is 3.61. The highest BCUT2D eigenvalue weighted by molar-refractivity contribution is 5.35. The van der Waals surface area contributed by atoms with E-state index in [2.05, 4.69) is 16.6 Å². The lowest BCUT2D eigenvalue weighted by molar-refractivity contribution is 0.183. The van der Waals surface area contributed by atoms with Gasteiger partial charge in [-0.2, -0.15) is 5.10 Å². The van der Waals surface area contributed by atoms with Gasteiger partial charge in [0.15, 0.2) is 0 Å². The lowest BCUT2D eigenvalue weighted by Gasteiger charge is -2.30. The summed E-state index contributed by atoms with van der Waals surface area (Å²) in [5.74, 6) is 6.98. The number of aryl methyl sites for hydroxylation is 1. The molecule has 2 heterocycles. The van der Waals surface area contributed by atoms with Gasteiger partial charge < -0.3 is 4.74 Å². The molecule has 0 saturated heterocycles. The first-order chi connectivity index (χ1) is 9.28. The van der Waals surface area contributed by atoms with Gasteiger partial charge in [-0.1, -0.05) is 18.2 Å². The summed E-state index contributed by atoms with van der Waals surface area (Å²) < 4.78 is 7.61. The summed E-state index contributed by atoms with van der Waals surface area (Å²) >= 11 is 0. The summed E-state index contributed by atoms with van der Waals surface area (Å²) in [4.78, 5) is 0. The third kappa shape index (κ3) is 2.34. The van der Waals surface area contributed by atoms with E-state index in [1.807, 2.05) is 37.5 Å². The number of ether oxygens (including phenoxy) is 1. The Morgan fingerprint density at radius 2 is 2.26 bits per heavy atom. The SMILES string of the molecule is Cn1ccc(C(NN)C2COc3ccccc3C2)n1. The zero-order valence-electron chi connectivity index (χ0n) is 10.9. The summed E-state index contributed by atoms with van der Waals surface area (Å²) in [5.41, 5.74) is 5.06. The van der Waals surface area contributed by atoms with E-state index >= 15 is 0 Å². The number of aromatic nitrogens is 2. The van der Waals surface area contributed by atoms with Crippen LogP contribution >= 0.6 is 0 Å². The highest BCUT2D eigenvalue weighted by Gasteiger charge is 2.29. The number of nitrogens with one attached hydrogen (secondary N) is 1. The second-order valence-corrected chi connectivity index (χ2v) is 4.94. The molecule has 1 aliphatic rings. The summed E-state index contributed by atoms with van der Waals surface area (Å²) in [6, 6.07) is 10.2. The van der Waals surface area contributed by atoms with Crippen molar-refractivity contribution in [2.45, 2.75) is 12.5 Å². The van der Waals surface area contributed by atoms with E-state index in [9.17, 15) is 0 Å². The number of nitrogens with two attached hydrogens (primary N) is 1. The van der Waals surface area contributed by atoms with Gasteiger partial charge in [0.05, 0.1) is 18.3 Å². The van der Waals surface area contributed by atoms with Crippen LogP contribution in [0.2, 0.25) is 0 Å². The van der Waals surface area contributed by atoms with Crippen LogP contribution in [0.15, 0.2) is 36.5 Å². The minimum absolute atomic E-state index is 0.00885. The summed E-state index contributed by atoms with van der Waals surface area (Å²) in [7, 11) is 1.91. The van der Waals surface area contributed by atoms with E-state index in [0.29, 0.717) is 6.61 Å². The fraction of sp³-hybridized carbons (Fsp3) is 0.357. The lowest BCUT2D eigenvalue weighted by atomic mass is 9.89. The molecule has 0 radical (unpaired) electrons. The van der Waals surface area contributed by atoms with Crippen molar-refractivity contribution in [1.82, 2.24) is 15.2 Å². The average Bonchev–Trinajstić information content (AvgIpc) is 2.86. The Morgan fingerprint density at radius 1 is 1.42 bits per heavy atom. The van der Waals surface area contributed by atoms with Crippen LogP contribution in [0.4, 0.5) is 0 Å². The molecule has 19 heavy (non-hydrogen) atoms. The Morgan fingerprint density at radius 3 is 3.00 bits per heavy atom. The van der Waals surface area contributed by atoms with E-state index in [1.54, 1.807) is 4.68 Å². The number of hydrogen-bond donors (Lipinski definition) is 2. The highest BCUT2D eigenvalue weighted by atomic mass is 16.5. The maximum atomic E-state index is 5.82. The van der Waals surface area contributed by atoms with Crippen LogP contribution in [0.1, 0.15) is 17.3 Å². The van der Waals surface area contributed by atoms with E-state index in [4.69, 9.17) is 10.6 Å². The topological polar surface area (TPSA) is 65.1 Å². The van der Waals surface area contributed by atoms with Crippen LogP contribution in [-0.2, 0) is 13.5 Å². The maximum absolute atomic E-state index is 5.82. The van der Waals surface area contributed by atoms with E-state index in [1.165, 1.54) is 5.56 Å². The van der Waals surface area contributed by atoms with Crippen molar-refractivity contribution in [2.75, 3.05) is 6.61 Å². The first-order valence-electron chi connectivity index (χ1n) is 6.44. The fourth-order valence-corrected chi connectivity index (χ4v) is 2.63. The van der Waals surface area contributed by atoms with Crippen molar-refractivity contribution < 1.29 is 4.74 Å². The highest BCUT2D eigenvalue weighted by Crippen LogP contribution is 2.32. The minimum atomic E-state index is 0.00885. The maximum Gasteiger partial charge on any atom is 0.122 e. The molecule has 3 N–H and O–H groups in total. The second-order valence-electron chi connectivity index (χ2n) is 4.94. The quantitative estimate of drug-likeness (QED) is 0.641. The van der Waals surface area contributed by atoms with Gasteiger partial charge in [0.25, 0.3) is 0 Å². The van der Waals surface area contributed by atoms with Gasteiger partial charge in [0.2, 0.25) is 0 Å². The number of benzene rings is 1. The van der Waals surface area contributed by atoms with Gasteiger partial charge in [0.1, 0.15) is 5.75 Å². The molecule has 2 atom stereocenters. The largest absolute Gasteiger partial charge is 0.493 e. The average molecular weight is 258 g/mol. The van der Waals surface area contributed by atoms with Crippen LogP contribution in [0.5, 0.6) is 5.75 Å². The molecule has 0 fully saturated rings. The predicted octanol–water partition coefficient (Wildman–Crippen LogP) is 1.18. The van der Waals surface area contributed by atoms with Gasteiger partial charge in [0, 0.05) is 19.2 Å². The summed E-state index contributed by atoms with van der Waals surface area (Å²) in [6.07, 6.45) is 2.87. The van der Waals surface area contributed by atoms with Gasteiger partial charge in [-0.15, -0.1) is 0 Å². The Labute approximate surface area is 112 Å². The minimum Gasteiger partial charge on any atom is -0.493 e. The molecule has 0 bridgehead atoms. The van der Waals surface area contributed by atoms with Gasteiger partial charge in [-0.3, -0.25) is 16.0 Å². The molecule has 5 heteroatoms. The summed E-state index contributed by atoms with van der Waals surface area (Å²) in [5, 5.41) is 4.43. The van der Waals surface area contributed by atoms with Crippen LogP contribution < -0.4 is 16.0 Å². The monoisotopic (exact) mass is 258 g/mol. The molecule has 0 spiro atoms. The Bertz CT molecular complexity index is 566. The smallest absolute Gasteiger partial charge is 0.122 e. The van der Waals surface area contributed by atoms with Crippen molar-refractivity contribution >= 4 is 0 Å². The number of para-hydroxylation sites is 1. The Balaban J connectivity index is 1.83. The number of rotatable bonds is 3. The fourth-order valence-electron chi connectivity index (χ4n) is 2.63. The molecule has 5 nitrogen and oxygen atoms in total. The first kappa shape index (κ1) is 12.2. The molecular formula is C14H18N4O. The zero-order valence-corrected chi connectivity index (χ0v) is 10.9. The predicted molar refractivity (Wildman–Crippen MR) is 72.4 cm³/mol. The standard InChI is InChI=1S/C14H18N4O/c1-18-7-6-12(17-18)14(16-15)11-8-10-4-2-3-5-13(10)19-9-11/h2-7,11,14,16H,8-9,15H2,1H3. The number of nitrogens with zero attached hydrogens (tertiary/aromatic N) is 2. The van der Waals surface area contributed by atoms with Crippen molar-refractivity contribution in [3.63, 3.8) is 0 Å². The molecule has 2 unspecified atom stereocenters. The second kappa shape index (κ2) is 5.03. The lowest BCUT2D eigenvalue weighted by Crippen LogP contribution is -2.39. The number of hydrazine groups is 1. The van der Waals surface area contributed by atoms with E-state index in [-0.39, 0.29) is 12.0 Å². The van der Waals surface area contributed by atoms with Crippen molar-refractivity contribution in [2.24, 2.45) is 18.8 Å². The van der Waals surface area contributed by atoms with Crippen LogP contribution in [-0.4, -0.2) is 16.4 Å². The van der Waals surface area contributed by atoms with Crippen LogP contribution in [0.3, 0.4) is 0 Å². The van der Waals surface area contributed by atoms with Crippen molar-refractivity contribution in [1.29, 1.82) is 0 Å². The van der Waals surface area contributed by atoms with Crippen molar-refractivity contribution in [3.05, 3.63) is 47.8 Å². The molecular weight excluding hydrogens is 240 g/mol. The van der Waals surface area contributed by atoms with Crippen LogP contribution in [0.25, 0.3) is 0 Å². The Kier molecular flexibility index (Phi) is 3.23. The van der Waals surface area contributed by atoms with Gasteiger partial charge in [-0.05, 0) is 24.1 Å². The van der Waals surface area contributed by atoms with Crippen molar-refractivity contribution in [3.8, 4) is 5.75 Å². The molecule has 0 saturated carbocycles. The number of hydrogen-bond acceptors (Lipinski definition) is 4. The zero-order chi connectivity index (χ0) is 13.2. The molecule has 0 amide bonds. The first-order valence-corrected chi connectivity index (χ1v) is 6.44. The van der Waals surface area contributed by atoms with Gasteiger partial charge in [-0.25, -0.2) is 0 Å². The molecule has 1 aromatic carbocycles. The summed E-state index contributed by atoms with van der Waals surface area (Å²) in [6.45, 7) is 0.655. The molecule has 0 aliphatic carbocycles. The normalized spacial score (nSPS) is 19.6.